The predicted octanol–water partition coefficient (Wildman–Crippen LogP) is 4.17. The summed E-state index contributed by atoms with van der Waals surface area (Å²) >= 11 is 0. The number of hydrogen-bond acceptors (Lipinski definition) is 8. The van der Waals surface area contributed by atoms with Gasteiger partial charge in [0, 0.05) is 30.0 Å². The number of piperazine rings is 1. The first-order valence-corrected chi connectivity index (χ1v) is 11.1. The minimum absolute atomic E-state index is 0.107. The van der Waals surface area contributed by atoms with Crippen molar-refractivity contribution in [1.29, 1.82) is 0 Å². The number of alkyl halides is 3. The summed E-state index contributed by atoms with van der Waals surface area (Å²) in [4.78, 5) is 11.0. The summed E-state index contributed by atoms with van der Waals surface area (Å²) in [5.41, 5.74) is 3.63. The van der Waals surface area contributed by atoms with Gasteiger partial charge in [0.05, 0.1) is 13.1 Å². The molecule has 1 saturated heterocycles. The predicted molar refractivity (Wildman–Crippen MR) is 125 cm³/mol. The standard InChI is InChI=1S/C24H22F3N7O2/c1-15-13-33(11-10-28-15)19-5-3-4-17(12-19)14-34-16(2)29-22(31-34)23-30-21(32-36-23)18-6-8-20(9-7-18)35-24(25,26)27/h3-9,12,28H,1,10-11,13-14H2,2H3. The molecular formula is C24H22F3N7O2. The lowest BCUT2D eigenvalue weighted by atomic mass is 10.1. The van der Waals surface area contributed by atoms with Gasteiger partial charge in [0.25, 0.3) is 5.89 Å². The van der Waals surface area contributed by atoms with Gasteiger partial charge < -0.3 is 19.5 Å². The molecule has 0 amide bonds. The second kappa shape index (κ2) is 9.36. The number of rotatable bonds is 6. The van der Waals surface area contributed by atoms with Gasteiger partial charge in [-0.1, -0.05) is 23.9 Å². The van der Waals surface area contributed by atoms with E-state index < -0.39 is 6.36 Å². The van der Waals surface area contributed by atoms with Gasteiger partial charge in [-0.3, -0.25) is 0 Å². The average Bonchev–Trinajstić information content (AvgIpc) is 3.46. The van der Waals surface area contributed by atoms with Gasteiger partial charge in [-0.05, 0) is 48.9 Å². The highest BCUT2D eigenvalue weighted by Crippen LogP contribution is 2.26. The van der Waals surface area contributed by atoms with Crippen LogP contribution in [0.25, 0.3) is 23.1 Å². The van der Waals surface area contributed by atoms with Crippen molar-refractivity contribution in [2.45, 2.75) is 19.8 Å². The normalized spacial score (nSPS) is 14.1. The van der Waals surface area contributed by atoms with Gasteiger partial charge in [-0.2, -0.15) is 4.98 Å². The van der Waals surface area contributed by atoms with E-state index in [1.807, 2.05) is 19.1 Å². The van der Waals surface area contributed by atoms with E-state index in [0.29, 0.717) is 17.9 Å². The summed E-state index contributed by atoms with van der Waals surface area (Å²) in [6.45, 7) is 8.86. The Balaban J connectivity index is 1.31. The van der Waals surface area contributed by atoms with Crippen LogP contribution in [0.4, 0.5) is 18.9 Å². The Morgan fingerprint density at radius 1 is 1.11 bits per heavy atom. The molecular weight excluding hydrogens is 475 g/mol. The summed E-state index contributed by atoms with van der Waals surface area (Å²) < 4.78 is 48.0. The lowest BCUT2D eigenvalue weighted by Crippen LogP contribution is -2.41. The Morgan fingerprint density at radius 2 is 1.92 bits per heavy atom. The van der Waals surface area contributed by atoms with Crippen LogP contribution < -0.4 is 15.0 Å². The molecule has 0 bridgehead atoms. The average molecular weight is 497 g/mol. The van der Waals surface area contributed by atoms with Crippen LogP contribution in [0.5, 0.6) is 5.75 Å². The van der Waals surface area contributed by atoms with Crippen LogP contribution in [0.1, 0.15) is 11.4 Å². The Hall–Kier alpha value is -4.35. The first-order chi connectivity index (χ1) is 17.2. The van der Waals surface area contributed by atoms with Gasteiger partial charge in [0.15, 0.2) is 0 Å². The molecule has 0 aliphatic carbocycles. The minimum Gasteiger partial charge on any atom is -0.406 e. The first kappa shape index (κ1) is 23.4. The van der Waals surface area contributed by atoms with Gasteiger partial charge in [-0.25, -0.2) is 9.67 Å². The van der Waals surface area contributed by atoms with Gasteiger partial charge in [0.1, 0.15) is 11.6 Å². The zero-order valence-electron chi connectivity index (χ0n) is 19.3. The third kappa shape index (κ3) is 5.32. The number of aryl methyl sites for hydroxylation is 1. The highest BCUT2D eigenvalue weighted by Gasteiger charge is 2.31. The van der Waals surface area contributed by atoms with Crippen molar-refractivity contribution >= 4 is 5.69 Å². The second-order valence-corrected chi connectivity index (χ2v) is 8.26. The molecule has 0 saturated carbocycles. The number of halogens is 3. The number of hydrogen-bond donors (Lipinski definition) is 1. The Bertz CT molecular complexity index is 1380. The zero-order valence-corrected chi connectivity index (χ0v) is 19.3. The van der Waals surface area contributed by atoms with Crippen LogP contribution in [-0.4, -0.2) is 50.9 Å². The number of aromatic nitrogens is 5. The fourth-order valence-electron chi connectivity index (χ4n) is 3.88. The third-order valence-electron chi connectivity index (χ3n) is 5.57. The molecule has 1 N–H and O–H groups in total. The van der Waals surface area contributed by atoms with E-state index in [4.69, 9.17) is 4.52 Å². The number of ether oxygens (including phenoxy) is 1. The summed E-state index contributed by atoms with van der Waals surface area (Å²) in [7, 11) is 0. The van der Waals surface area contributed by atoms with Crippen LogP contribution >= 0.6 is 0 Å². The van der Waals surface area contributed by atoms with Crippen LogP contribution in [0.2, 0.25) is 0 Å². The number of nitrogens with zero attached hydrogens (tertiary/aromatic N) is 6. The molecule has 0 spiro atoms. The number of anilines is 1. The largest absolute Gasteiger partial charge is 0.573 e. The van der Waals surface area contributed by atoms with Crippen LogP contribution in [-0.2, 0) is 6.54 Å². The van der Waals surface area contributed by atoms with Gasteiger partial charge in [-0.15, -0.1) is 18.3 Å². The Morgan fingerprint density at radius 3 is 2.67 bits per heavy atom. The van der Waals surface area contributed by atoms with Crippen molar-refractivity contribution in [2.75, 3.05) is 24.5 Å². The fourth-order valence-corrected chi connectivity index (χ4v) is 3.88. The molecule has 2 aromatic carbocycles. The van der Waals surface area contributed by atoms with E-state index in [1.165, 1.54) is 24.3 Å². The van der Waals surface area contributed by atoms with Gasteiger partial charge >= 0.3 is 6.36 Å². The molecule has 2 aromatic heterocycles. The van der Waals surface area contributed by atoms with Gasteiger partial charge in [0.2, 0.25) is 11.6 Å². The summed E-state index contributed by atoms with van der Waals surface area (Å²) in [5.74, 6) is 0.896. The van der Waals surface area contributed by atoms with Crippen molar-refractivity contribution in [2.24, 2.45) is 0 Å². The van der Waals surface area contributed by atoms with E-state index >= 15 is 0 Å². The summed E-state index contributed by atoms with van der Waals surface area (Å²) in [6, 6.07) is 13.4. The molecule has 1 aliphatic rings. The second-order valence-electron chi connectivity index (χ2n) is 8.26. The summed E-state index contributed by atoms with van der Waals surface area (Å²) in [6.07, 6.45) is -4.76. The van der Waals surface area contributed by atoms with Crippen LogP contribution in [0.15, 0.2) is 65.3 Å². The molecule has 3 heterocycles. The zero-order chi connectivity index (χ0) is 25.3. The molecule has 9 nitrogen and oxygen atoms in total. The molecule has 0 unspecified atom stereocenters. The van der Waals surface area contributed by atoms with Crippen molar-refractivity contribution in [3.05, 3.63) is 72.2 Å². The van der Waals surface area contributed by atoms with Crippen molar-refractivity contribution in [3.63, 3.8) is 0 Å². The molecule has 186 valence electrons. The molecule has 0 radical (unpaired) electrons. The minimum atomic E-state index is -4.76. The van der Waals surface area contributed by atoms with Crippen molar-refractivity contribution < 1.29 is 22.4 Å². The highest BCUT2D eigenvalue weighted by atomic mass is 19.4. The van der Waals surface area contributed by atoms with Crippen molar-refractivity contribution in [3.8, 4) is 28.9 Å². The van der Waals surface area contributed by atoms with E-state index in [2.05, 4.69) is 53.9 Å². The summed E-state index contributed by atoms with van der Waals surface area (Å²) in [5, 5.41) is 11.7. The van der Waals surface area contributed by atoms with E-state index in [1.54, 1.807) is 4.68 Å². The molecule has 1 aliphatic heterocycles. The lowest BCUT2D eigenvalue weighted by Gasteiger charge is -2.31. The Labute approximate surface area is 204 Å². The maximum absolute atomic E-state index is 12.4. The molecule has 12 heteroatoms. The van der Waals surface area contributed by atoms with E-state index in [9.17, 15) is 13.2 Å². The van der Waals surface area contributed by atoms with E-state index in [0.717, 1.165) is 36.6 Å². The molecule has 4 aromatic rings. The van der Waals surface area contributed by atoms with Crippen molar-refractivity contribution in [1.82, 2.24) is 30.2 Å². The quantitative estimate of drug-likeness (QED) is 0.424. The fraction of sp³-hybridized carbons (Fsp3) is 0.250. The third-order valence-corrected chi connectivity index (χ3v) is 5.57. The maximum atomic E-state index is 12.4. The molecule has 5 rings (SSSR count). The molecule has 0 atom stereocenters. The lowest BCUT2D eigenvalue weighted by molar-refractivity contribution is -0.274. The highest BCUT2D eigenvalue weighted by molar-refractivity contribution is 5.58. The molecule has 1 fully saturated rings. The Kier molecular flexibility index (Phi) is 6.08. The SMILES string of the molecule is C=C1CN(c2cccc(Cn3nc(-c4nc(-c5ccc(OC(F)(F)F)cc5)no4)nc3C)c2)CCN1. The molecule has 36 heavy (non-hydrogen) atoms. The van der Waals surface area contributed by atoms with E-state index in [-0.39, 0.29) is 23.3 Å². The van der Waals surface area contributed by atoms with Crippen LogP contribution in [0.3, 0.4) is 0 Å². The smallest absolute Gasteiger partial charge is 0.406 e. The van der Waals surface area contributed by atoms with Crippen LogP contribution in [0, 0.1) is 6.92 Å². The number of nitrogens with one attached hydrogen (secondary N) is 1. The maximum Gasteiger partial charge on any atom is 0.573 e. The topological polar surface area (TPSA) is 94.1 Å². The number of benzene rings is 2. The first-order valence-electron chi connectivity index (χ1n) is 11.1. The monoisotopic (exact) mass is 497 g/mol.